The second-order valence-corrected chi connectivity index (χ2v) is 14.6. The minimum Gasteiger partial charge on any atom is -0.508 e. The third-order valence-electron chi connectivity index (χ3n) is 10.4. The van der Waals surface area contributed by atoms with Crippen LogP contribution in [-0.2, 0) is 37.3 Å². The Balaban J connectivity index is 1.10. The summed E-state index contributed by atoms with van der Waals surface area (Å²) in [6, 6.07) is 20.4. The van der Waals surface area contributed by atoms with Gasteiger partial charge >= 0.3 is 0 Å². The molecule has 0 unspecified atom stereocenters. The maximum Gasteiger partial charge on any atom is 0.262 e. The van der Waals surface area contributed by atoms with Crippen LogP contribution in [0.5, 0.6) is 17.2 Å². The molecule has 1 saturated heterocycles. The molecule has 11 nitrogen and oxygen atoms in total. The molecule has 1 fully saturated rings. The minimum absolute atomic E-state index is 0.0142. The van der Waals surface area contributed by atoms with Gasteiger partial charge in [0.2, 0.25) is 5.91 Å². The zero-order valence-electron chi connectivity index (χ0n) is 31.9. The first kappa shape index (κ1) is 40.0. The molecule has 0 radical (unpaired) electrons. The predicted molar refractivity (Wildman–Crippen MR) is 207 cm³/mol. The number of hydrogen-bond donors (Lipinski definition) is 4. The summed E-state index contributed by atoms with van der Waals surface area (Å²) in [5, 5.41) is 27.4. The molecule has 0 atom stereocenters. The number of phenolic OH excluding ortho intramolecular Hbond substituents is 2. The lowest BCUT2D eigenvalue weighted by Crippen LogP contribution is -2.45. The summed E-state index contributed by atoms with van der Waals surface area (Å²) in [6.45, 7) is 13.8. The molecule has 0 bridgehead atoms. The Morgan fingerprint density at radius 2 is 1.70 bits per heavy atom. The van der Waals surface area contributed by atoms with Gasteiger partial charge in [0.15, 0.2) is 12.4 Å². The molecule has 53 heavy (non-hydrogen) atoms. The maximum atomic E-state index is 13.3. The lowest BCUT2D eigenvalue weighted by Gasteiger charge is -2.44. The molecule has 2 amide bonds. The average Bonchev–Trinajstić information content (AvgIpc) is 3.15. The number of ether oxygens (including phenoxy) is 3. The van der Waals surface area contributed by atoms with Gasteiger partial charge in [0.05, 0.1) is 32.3 Å². The van der Waals surface area contributed by atoms with Crippen LogP contribution in [0.25, 0.3) is 0 Å². The van der Waals surface area contributed by atoms with Crippen LogP contribution >= 0.6 is 0 Å². The molecule has 0 aromatic heterocycles. The van der Waals surface area contributed by atoms with Crippen LogP contribution in [0.1, 0.15) is 69.2 Å². The van der Waals surface area contributed by atoms with Crippen molar-refractivity contribution in [2.45, 2.75) is 77.4 Å². The Bertz CT molecular complexity index is 1640. The van der Waals surface area contributed by atoms with Gasteiger partial charge in [-0.3, -0.25) is 9.59 Å². The first-order chi connectivity index (χ1) is 25.6. The van der Waals surface area contributed by atoms with E-state index in [-0.39, 0.29) is 42.1 Å². The van der Waals surface area contributed by atoms with E-state index in [2.05, 4.69) is 59.7 Å². The first-order valence-corrected chi connectivity index (χ1v) is 19.1. The van der Waals surface area contributed by atoms with Crippen molar-refractivity contribution in [3.8, 4) is 17.2 Å². The van der Waals surface area contributed by atoms with Crippen LogP contribution in [-0.4, -0.2) is 110 Å². The van der Waals surface area contributed by atoms with Crippen LogP contribution < -0.4 is 15.4 Å². The summed E-state index contributed by atoms with van der Waals surface area (Å²) in [6.07, 6.45) is 3.54. The zero-order chi connectivity index (χ0) is 37.8. The maximum absolute atomic E-state index is 13.3. The summed E-state index contributed by atoms with van der Waals surface area (Å²) in [4.78, 5) is 29.3. The Morgan fingerprint density at radius 3 is 2.43 bits per heavy atom. The molecule has 0 spiro atoms. The van der Waals surface area contributed by atoms with Crippen molar-refractivity contribution in [3.05, 3.63) is 82.9 Å². The fraction of sp³-hybridized carbons (Fsp3) is 0.524. The molecule has 0 saturated carbocycles. The quantitative estimate of drug-likeness (QED) is 0.0965. The summed E-state index contributed by atoms with van der Waals surface area (Å²) < 4.78 is 17.3. The van der Waals surface area contributed by atoms with Crippen molar-refractivity contribution in [2.75, 3.05) is 71.0 Å². The SMILES string of the molecule is CC(C)OCCN(CCNCCc1ccc(O)c2c1OCC(=O)N2)C(=O)CCOCCc1ccc(O)c(C2(c3ccccc3)CCN(C(C)C)CC2)c1. The highest BCUT2D eigenvalue weighted by molar-refractivity contribution is 5.97. The van der Waals surface area contributed by atoms with Gasteiger partial charge in [-0.15, -0.1) is 0 Å². The van der Waals surface area contributed by atoms with E-state index in [1.54, 1.807) is 12.1 Å². The number of carbonyl (C=O) groups is 2. The lowest BCUT2D eigenvalue weighted by atomic mass is 9.67. The van der Waals surface area contributed by atoms with Gasteiger partial charge in [0, 0.05) is 36.7 Å². The molecule has 5 rings (SSSR count). The summed E-state index contributed by atoms with van der Waals surface area (Å²) in [5.41, 5.74) is 4.27. The van der Waals surface area contributed by atoms with Crippen molar-refractivity contribution < 1.29 is 34.0 Å². The number of fused-ring (bicyclic) bond motifs is 1. The van der Waals surface area contributed by atoms with Crippen molar-refractivity contribution in [1.29, 1.82) is 0 Å². The Labute approximate surface area is 314 Å². The molecule has 11 heteroatoms. The summed E-state index contributed by atoms with van der Waals surface area (Å²) in [5.74, 6) is 0.530. The number of anilines is 1. The second-order valence-electron chi connectivity index (χ2n) is 14.6. The van der Waals surface area contributed by atoms with Crippen molar-refractivity contribution in [1.82, 2.24) is 15.1 Å². The molecular weight excluding hydrogens is 672 g/mol. The van der Waals surface area contributed by atoms with Crippen LogP contribution in [0, 0.1) is 0 Å². The third-order valence-corrected chi connectivity index (χ3v) is 10.4. The van der Waals surface area contributed by atoms with Crippen LogP contribution in [0.15, 0.2) is 60.7 Å². The van der Waals surface area contributed by atoms with E-state index >= 15 is 0 Å². The topological polar surface area (TPSA) is 133 Å². The van der Waals surface area contributed by atoms with Crippen molar-refractivity contribution in [2.24, 2.45) is 0 Å². The third kappa shape index (κ3) is 10.7. The molecule has 288 valence electrons. The Hall–Kier alpha value is -4.16. The van der Waals surface area contributed by atoms with Gasteiger partial charge in [0.1, 0.15) is 17.2 Å². The first-order valence-electron chi connectivity index (χ1n) is 19.1. The molecule has 2 heterocycles. The average molecular weight is 731 g/mol. The van der Waals surface area contributed by atoms with Gasteiger partial charge in [-0.2, -0.15) is 0 Å². The van der Waals surface area contributed by atoms with Gasteiger partial charge < -0.3 is 44.9 Å². The Kier molecular flexibility index (Phi) is 14.5. The van der Waals surface area contributed by atoms with Crippen molar-refractivity contribution >= 4 is 17.5 Å². The largest absolute Gasteiger partial charge is 0.508 e. The van der Waals surface area contributed by atoms with Gasteiger partial charge in [-0.25, -0.2) is 0 Å². The highest BCUT2D eigenvalue weighted by atomic mass is 16.5. The molecule has 3 aromatic carbocycles. The standard InChI is InChI=1S/C42H58N4O7/c1-30(2)45-21-17-42(18-22-45,34-8-6-5-7-9-34)35-28-32(10-12-36(35)47)15-25-51-26-16-39(50)46(24-27-52-31(3)4)23-20-43-19-14-33-11-13-37(48)40-41(33)53-29-38(49)44-40/h5-13,28,30-31,43,47-48H,14-27,29H2,1-4H3,(H,44,49). The normalized spacial score (nSPS) is 15.6. The van der Waals surface area contributed by atoms with E-state index in [1.165, 1.54) is 5.56 Å². The Morgan fingerprint density at radius 1 is 0.943 bits per heavy atom. The number of piperidine rings is 1. The number of nitrogens with one attached hydrogen (secondary N) is 2. The number of nitrogens with zero attached hydrogens (tertiary/aromatic N) is 2. The number of phenols is 2. The molecule has 2 aliphatic rings. The number of benzene rings is 3. The minimum atomic E-state index is -0.295. The monoisotopic (exact) mass is 730 g/mol. The number of aromatic hydroxyl groups is 2. The van der Waals surface area contributed by atoms with Gasteiger partial charge in [-0.1, -0.05) is 48.5 Å². The molecular formula is C42H58N4O7. The van der Waals surface area contributed by atoms with E-state index in [1.807, 2.05) is 36.9 Å². The van der Waals surface area contributed by atoms with E-state index in [0.717, 1.165) is 42.6 Å². The number of amides is 2. The molecule has 4 N–H and O–H groups in total. The molecule has 0 aliphatic carbocycles. The van der Waals surface area contributed by atoms with E-state index in [0.29, 0.717) is 82.1 Å². The zero-order valence-corrected chi connectivity index (χ0v) is 31.9. The molecule has 3 aromatic rings. The van der Waals surface area contributed by atoms with Gasteiger partial charge in [-0.05, 0) is 102 Å². The second kappa shape index (κ2) is 19.3. The predicted octanol–water partition coefficient (Wildman–Crippen LogP) is 5.25. The lowest BCUT2D eigenvalue weighted by molar-refractivity contribution is -0.133. The fourth-order valence-electron chi connectivity index (χ4n) is 7.36. The summed E-state index contributed by atoms with van der Waals surface area (Å²) >= 11 is 0. The van der Waals surface area contributed by atoms with E-state index in [9.17, 15) is 19.8 Å². The molecule has 2 aliphatic heterocycles. The number of hydrogen-bond acceptors (Lipinski definition) is 9. The number of likely N-dealkylation sites (tertiary alicyclic amines) is 1. The van der Waals surface area contributed by atoms with E-state index < -0.39 is 0 Å². The van der Waals surface area contributed by atoms with Crippen LogP contribution in [0.3, 0.4) is 0 Å². The van der Waals surface area contributed by atoms with E-state index in [4.69, 9.17) is 14.2 Å². The van der Waals surface area contributed by atoms with Crippen molar-refractivity contribution in [3.63, 3.8) is 0 Å². The number of rotatable bonds is 19. The smallest absolute Gasteiger partial charge is 0.262 e. The van der Waals surface area contributed by atoms with Crippen LogP contribution in [0.2, 0.25) is 0 Å². The highest BCUT2D eigenvalue weighted by Crippen LogP contribution is 2.46. The summed E-state index contributed by atoms with van der Waals surface area (Å²) in [7, 11) is 0. The fourth-order valence-corrected chi connectivity index (χ4v) is 7.36. The van der Waals surface area contributed by atoms with Gasteiger partial charge in [0.25, 0.3) is 5.91 Å². The highest BCUT2D eigenvalue weighted by Gasteiger charge is 2.40. The number of carbonyl (C=O) groups excluding carboxylic acids is 2. The van der Waals surface area contributed by atoms with Crippen LogP contribution in [0.4, 0.5) is 5.69 Å².